The Morgan fingerprint density at radius 3 is 2.43 bits per heavy atom. The van der Waals surface area contributed by atoms with Gasteiger partial charge in [-0.2, -0.15) is 0 Å². The quantitative estimate of drug-likeness (QED) is 0.910. The van der Waals surface area contributed by atoms with Crippen LogP contribution in [0.3, 0.4) is 0 Å². The molecule has 2 aromatic rings. The number of anilines is 1. The summed E-state index contributed by atoms with van der Waals surface area (Å²) in [7, 11) is 0. The number of carbonyl (C=O) groups excluding carboxylic acids is 2. The number of aryl methyl sites for hydroxylation is 2. The number of rotatable bonds is 4. The highest BCUT2D eigenvalue weighted by atomic mass is 19.1. The summed E-state index contributed by atoms with van der Waals surface area (Å²) in [6.07, 6.45) is 0. The molecule has 2 N–H and O–H groups in total. The molecule has 0 aromatic heterocycles. The van der Waals surface area contributed by atoms with Gasteiger partial charge in [0.2, 0.25) is 5.91 Å². The van der Waals surface area contributed by atoms with Crippen molar-refractivity contribution < 1.29 is 14.0 Å². The van der Waals surface area contributed by atoms with Gasteiger partial charge in [0.05, 0.1) is 5.56 Å². The van der Waals surface area contributed by atoms with Gasteiger partial charge in [-0.25, -0.2) is 4.39 Å². The first-order chi connectivity index (χ1) is 10.9. The van der Waals surface area contributed by atoms with Crippen LogP contribution in [-0.2, 0) is 4.79 Å². The third-order valence-electron chi connectivity index (χ3n) is 3.50. The van der Waals surface area contributed by atoms with Gasteiger partial charge in [0, 0.05) is 5.69 Å². The topological polar surface area (TPSA) is 58.2 Å². The number of halogens is 1. The zero-order valence-electron chi connectivity index (χ0n) is 13.3. The number of hydrogen-bond acceptors (Lipinski definition) is 2. The van der Waals surface area contributed by atoms with Crippen LogP contribution < -0.4 is 10.6 Å². The summed E-state index contributed by atoms with van der Waals surface area (Å²) in [5.41, 5.74) is 2.64. The molecule has 23 heavy (non-hydrogen) atoms. The summed E-state index contributed by atoms with van der Waals surface area (Å²) in [5, 5.41) is 5.26. The molecule has 0 aliphatic carbocycles. The lowest BCUT2D eigenvalue weighted by molar-refractivity contribution is -0.117. The van der Waals surface area contributed by atoms with Crippen LogP contribution in [-0.4, -0.2) is 17.9 Å². The normalized spacial score (nSPS) is 11.7. The van der Waals surface area contributed by atoms with Gasteiger partial charge < -0.3 is 10.6 Å². The van der Waals surface area contributed by atoms with E-state index in [0.29, 0.717) is 5.69 Å². The van der Waals surface area contributed by atoms with Crippen LogP contribution in [0.15, 0.2) is 42.5 Å². The average Bonchev–Trinajstić information content (AvgIpc) is 2.50. The summed E-state index contributed by atoms with van der Waals surface area (Å²) >= 11 is 0. The lowest BCUT2D eigenvalue weighted by atomic mass is 10.1. The lowest BCUT2D eigenvalue weighted by Crippen LogP contribution is -2.42. The van der Waals surface area contributed by atoms with Crippen LogP contribution >= 0.6 is 0 Å². The van der Waals surface area contributed by atoms with Crippen LogP contribution in [0.5, 0.6) is 0 Å². The Bertz CT molecular complexity index is 744. The minimum atomic E-state index is -0.789. The number of nitrogens with one attached hydrogen (secondary N) is 2. The van der Waals surface area contributed by atoms with E-state index in [9.17, 15) is 14.0 Å². The van der Waals surface area contributed by atoms with E-state index in [1.807, 2.05) is 32.0 Å². The summed E-state index contributed by atoms with van der Waals surface area (Å²) in [6.45, 7) is 5.42. The molecule has 0 heterocycles. The molecule has 120 valence electrons. The van der Waals surface area contributed by atoms with E-state index >= 15 is 0 Å². The van der Waals surface area contributed by atoms with Crippen LogP contribution in [0.4, 0.5) is 10.1 Å². The minimum Gasteiger partial charge on any atom is -0.340 e. The average molecular weight is 314 g/mol. The molecule has 5 heteroatoms. The van der Waals surface area contributed by atoms with Crippen molar-refractivity contribution in [3.8, 4) is 0 Å². The van der Waals surface area contributed by atoms with E-state index in [1.54, 1.807) is 13.0 Å². The molecule has 0 unspecified atom stereocenters. The number of hydrogen-bond donors (Lipinski definition) is 2. The predicted octanol–water partition coefficient (Wildman–Crippen LogP) is 3.20. The van der Waals surface area contributed by atoms with E-state index < -0.39 is 17.8 Å². The molecule has 2 amide bonds. The maximum atomic E-state index is 13.6. The van der Waals surface area contributed by atoms with Crippen molar-refractivity contribution in [1.82, 2.24) is 5.32 Å². The van der Waals surface area contributed by atoms with Gasteiger partial charge in [-0.1, -0.05) is 29.8 Å². The second-order valence-electron chi connectivity index (χ2n) is 5.48. The zero-order chi connectivity index (χ0) is 17.0. The molecular formula is C18H19FN2O2. The summed E-state index contributed by atoms with van der Waals surface area (Å²) < 4.78 is 13.6. The molecule has 0 saturated carbocycles. The Hall–Kier alpha value is -2.69. The maximum absolute atomic E-state index is 13.6. The van der Waals surface area contributed by atoms with Gasteiger partial charge in [0.15, 0.2) is 0 Å². The molecule has 0 saturated heterocycles. The summed E-state index contributed by atoms with van der Waals surface area (Å²) in [5.74, 6) is -1.60. The maximum Gasteiger partial charge on any atom is 0.254 e. The highest BCUT2D eigenvalue weighted by molar-refractivity contribution is 6.01. The molecular weight excluding hydrogens is 295 g/mol. The van der Waals surface area contributed by atoms with Crippen molar-refractivity contribution in [3.63, 3.8) is 0 Å². The Balaban J connectivity index is 2.03. The lowest BCUT2D eigenvalue weighted by Gasteiger charge is -2.16. The van der Waals surface area contributed by atoms with E-state index in [1.165, 1.54) is 18.2 Å². The van der Waals surface area contributed by atoms with Gasteiger partial charge >= 0.3 is 0 Å². The number of carbonyl (C=O) groups is 2. The van der Waals surface area contributed by atoms with Crippen molar-refractivity contribution in [2.75, 3.05) is 5.32 Å². The molecule has 0 aliphatic heterocycles. The predicted molar refractivity (Wildman–Crippen MR) is 87.9 cm³/mol. The summed E-state index contributed by atoms with van der Waals surface area (Å²) in [6, 6.07) is 10.5. The smallest absolute Gasteiger partial charge is 0.254 e. The fraction of sp³-hybridized carbons (Fsp3) is 0.222. The second-order valence-corrected chi connectivity index (χ2v) is 5.48. The molecule has 2 aromatic carbocycles. The van der Waals surface area contributed by atoms with E-state index in [-0.39, 0.29) is 11.5 Å². The standard InChI is InChI=1S/C18H19FN2O2/c1-11-8-9-16(12(2)10-11)21-17(22)13(3)20-18(23)14-6-4-5-7-15(14)19/h4-10,13H,1-3H3,(H,20,23)(H,21,22)/t13-/m1/s1. The molecule has 0 spiro atoms. The Kier molecular flexibility index (Phi) is 5.11. The van der Waals surface area contributed by atoms with Gasteiger partial charge in [-0.3, -0.25) is 9.59 Å². The number of amides is 2. The van der Waals surface area contributed by atoms with Gasteiger partial charge in [-0.05, 0) is 44.5 Å². The highest BCUT2D eigenvalue weighted by Gasteiger charge is 2.19. The fourth-order valence-corrected chi connectivity index (χ4v) is 2.18. The third-order valence-corrected chi connectivity index (χ3v) is 3.50. The molecule has 4 nitrogen and oxygen atoms in total. The van der Waals surface area contributed by atoms with Crippen molar-refractivity contribution in [1.29, 1.82) is 0 Å². The van der Waals surface area contributed by atoms with Crippen molar-refractivity contribution in [2.24, 2.45) is 0 Å². The Labute approximate surface area is 134 Å². The first kappa shape index (κ1) is 16.7. The van der Waals surface area contributed by atoms with Gasteiger partial charge in [-0.15, -0.1) is 0 Å². The summed E-state index contributed by atoms with van der Waals surface area (Å²) in [4.78, 5) is 24.2. The molecule has 0 bridgehead atoms. The molecule has 0 fully saturated rings. The molecule has 0 radical (unpaired) electrons. The second kappa shape index (κ2) is 7.05. The SMILES string of the molecule is Cc1ccc(NC(=O)[C@@H](C)NC(=O)c2ccccc2F)c(C)c1. The number of benzene rings is 2. The molecule has 0 aliphatic rings. The van der Waals surface area contributed by atoms with Crippen LogP contribution in [0.25, 0.3) is 0 Å². The highest BCUT2D eigenvalue weighted by Crippen LogP contribution is 2.16. The first-order valence-electron chi connectivity index (χ1n) is 7.32. The van der Waals surface area contributed by atoms with E-state index in [2.05, 4.69) is 10.6 Å². The molecule has 2 rings (SSSR count). The monoisotopic (exact) mass is 314 g/mol. The Morgan fingerprint density at radius 1 is 1.09 bits per heavy atom. The van der Waals surface area contributed by atoms with Crippen molar-refractivity contribution in [2.45, 2.75) is 26.8 Å². The molecule has 1 atom stereocenters. The largest absolute Gasteiger partial charge is 0.340 e. The Morgan fingerprint density at radius 2 is 1.78 bits per heavy atom. The van der Waals surface area contributed by atoms with Crippen LogP contribution in [0.1, 0.15) is 28.4 Å². The van der Waals surface area contributed by atoms with Crippen molar-refractivity contribution in [3.05, 3.63) is 65.0 Å². The van der Waals surface area contributed by atoms with Gasteiger partial charge in [0.25, 0.3) is 5.91 Å². The van der Waals surface area contributed by atoms with E-state index in [0.717, 1.165) is 11.1 Å². The first-order valence-corrected chi connectivity index (χ1v) is 7.32. The fourth-order valence-electron chi connectivity index (χ4n) is 2.18. The van der Waals surface area contributed by atoms with Crippen molar-refractivity contribution >= 4 is 17.5 Å². The van der Waals surface area contributed by atoms with Crippen LogP contribution in [0.2, 0.25) is 0 Å². The van der Waals surface area contributed by atoms with Gasteiger partial charge in [0.1, 0.15) is 11.9 Å². The third kappa shape index (κ3) is 4.16. The van der Waals surface area contributed by atoms with Crippen LogP contribution in [0, 0.1) is 19.7 Å². The van der Waals surface area contributed by atoms with E-state index in [4.69, 9.17) is 0 Å². The minimum absolute atomic E-state index is 0.0846. The zero-order valence-corrected chi connectivity index (χ0v) is 13.3.